The van der Waals surface area contributed by atoms with Gasteiger partial charge in [0.05, 0.1) is 19.8 Å². The summed E-state index contributed by atoms with van der Waals surface area (Å²) in [7, 11) is 1.53. The van der Waals surface area contributed by atoms with E-state index in [1.54, 1.807) is 0 Å². The lowest BCUT2D eigenvalue weighted by molar-refractivity contribution is -0.271. The number of carbonyl (C=O) groups is 1. The van der Waals surface area contributed by atoms with Gasteiger partial charge in [0.2, 0.25) is 6.29 Å². The summed E-state index contributed by atoms with van der Waals surface area (Å²) in [6.45, 7) is 2.26. The summed E-state index contributed by atoms with van der Waals surface area (Å²) in [4.78, 5) is 11.6. The lowest BCUT2D eigenvalue weighted by Crippen LogP contribution is -2.55. The molecule has 1 saturated heterocycles. The molecule has 3 aromatic rings. The fraction of sp³-hybridized carbons (Fsp3) is 0.300. The van der Waals surface area contributed by atoms with Gasteiger partial charge in [-0.05, 0) is 16.7 Å². The first-order chi connectivity index (χ1) is 18.1. The van der Waals surface area contributed by atoms with Crippen molar-refractivity contribution in [2.45, 2.75) is 51.3 Å². The maximum atomic E-state index is 11.6. The van der Waals surface area contributed by atoms with Crippen molar-refractivity contribution in [1.82, 2.24) is 0 Å². The monoisotopic (exact) mass is 504 g/mol. The second-order valence-electron chi connectivity index (χ2n) is 8.59. The van der Waals surface area contributed by atoms with Crippen molar-refractivity contribution in [2.75, 3.05) is 7.11 Å². The van der Waals surface area contributed by atoms with Crippen LogP contribution in [0.25, 0.3) is 0 Å². The normalized spacial score (nSPS) is 22.4. The van der Waals surface area contributed by atoms with E-state index >= 15 is 0 Å². The van der Waals surface area contributed by atoms with Gasteiger partial charge in [-0.15, -0.1) is 0 Å². The van der Waals surface area contributed by atoms with E-state index in [9.17, 15) is 4.79 Å². The molecule has 0 aromatic heterocycles. The van der Waals surface area contributed by atoms with E-state index in [1.807, 2.05) is 91.0 Å². The van der Waals surface area contributed by atoms with Gasteiger partial charge in [0.1, 0.15) is 24.6 Å². The average Bonchev–Trinajstić information content (AvgIpc) is 2.94. The molecule has 1 fully saturated rings. The zero-order chi connectivity index (χ0) is 25.9. The Morgan fingerprint density at radius 2 is 1.19 bits per heavy atom. The lowest BCUT2D eigenvalue weighted by Gasteiger charge is -2.42. The zero-order valence-corrected chi connectivity index (χ0v) is 21.0. The molecule has 0 spiro atoms. The maximum Gasteiger partial charge on any atom is 0.307 e. The third-order valence-electron chi connectivity index (χ3n) is 5.84. The quantitative estimate of drug-likeness (QED) is 0.264. The minimum Gasteiger partial charge on any atom is -0.460 e. The van der Waals surface area contributed by atoms with Gasteiger partial charge in [0, 0.05) is 14.0 Å². The molecule has 0 saturated carbocycles. The van der Waals surface area contributed by atoms with E-state index in [2.05, 4.69) is 0 Å². The van der Waals surface area contributed by atoms with Crippen LogP contribution >= 0.6 is 0 Å². The molecule has 1 aliphatic rings. The summed E-state index contributed by atoms with van der Waals surface area (Å²) < 4.78 is 36.1. The molecule has 4 atom stereocenters. The molecule has 7 heteroatoms. The van der Waals surface area contributed by atoms with Gasteiger partial charge in [-0.3, -0.25) is 4.79 Å². The van der Waals surface area contributed by atoms with Gasteiger partial charge < -0.3 is 28.4 Å². The molecule has 4 rings (SSSR count). The zero-order valence-electron chi connectivity index (χ0n) is 21.0. The standard InChI is InChI=1S/C30H32O7/c1-22(31)33-21-26-27(34-18-23-12-6-3-7-13-23)28(35-19-24-14-8-4-9-15-24)29(30(32-2)37-26)36-20-25-16-10-5-11-17-25/h3-17,21,27-30H,18-20H2,1-2H3. The fourth-order valence-corrected chi connectivity index (χ4v) is 4.00. The Morgan fingerprint density at radius 1 is 0.730 bits per heavy atom. The molecule has 194 valence electrons. The Hall–Kier alpha value is -3.49. The Balaban J connectivity index is 1.63. The van der Waals surface area contributed by atoms with Gasteiger partial charge in [-0.25, -0.2) is 0 Å². The van der Waals surface area contributed by atoms with Gasteiger partial charge in [0.15, 0.2) is 5.76 Å². The third-order valence-corrected chi connectivity index (χ3v) is 5.84. The predicted molar refractivity (Wildman–Crippen MR) is 137 cm³/mol. The molecule has 4 unspecified atom stereocenters. The van der Waals surface area contributed by atoms with Crippen LogP contribution in [0.1, 0.15) is 23.6 Å². The van der Waals surface area contributed by atoms with Crippen molar-refractivity contribution < 1.29 is 33.2 Å². The number of hydrogen-bond acceptors (Lipinski definition) is 7. The summed E-state index contributed by atoms with van der Waals surface area (Å²) in [5, 5.41) is 0. The van der Waals surface area contributed by atoms with Gasteiger partial charge in [-0.1, -0.05) is 91.0 Å². The fourth-order valence-electron chi connectivity index (χ4n) is 4.00. The van der Waals surface area contributed by atoms with Crippen LogP contribution in [0.15, 0.2) is 103 Å². The maximum absolute atomic E-state index is 11.6. The number of esters is 1. The highest BCUT2D eigenvalue weighted by atomic mass is 16.7. The highest BCUT2D eigenvalue weighted by molar-refractivity contribution is 5.66. The molecular formula is C30H32O7. The summed E-state index contributed by atoms with van der Waals surface area (Å²) in [5.41, 5.74) is 2.98. The van der Waals surface area contributed by atoms with Crippen LogP contribution in [0, 0.1) is 0 Å². The molecular weight excluding hydrogens is 472 g/mol. The largest absolute Gasteiger partial charge is 0.460 e. The van der Waals surface area contributed by atoms with Crippen molar-refractivity contribution in [2.24, 2.45) is 0 Å². The molecule has 0 radical (unpaired) electrons. The predicted octanol–water partition coefficient (Wildman–Crippen LogP) is 5.15. The molecule has 0 N–H and O–H groups in total. The van der Waals surface area contributed by atoms with Crippen LogP contribution < -0.4 is 0 Å². The minimum absolute atomic E-state index is 0.288. The van der Waals surface area contributed by atoms with Crippen molar-refractivity contribution >= 4 is 5.97 Å². The summed E-state index contributed by atoms with van der Waals surface area (Å²) in [5.74, 6) is -0.188. The second kappa shape index (κ2) is 13.7. The Labute approximate surface area is 217 Å². The van der Waals surface area contributed by atoms with E-state index < -0.39 is 30.6 Å². The molecule has 0 aliphatic carbocycles. The SMILES string of the molecule is COC1OC(=COC(C)=O)C(OCc2ccccc2)C(OCc2ccccc2)C1OCc1ccccc1. The second-order valence-corrected chi connectivity index (χ2v) is 8.59. The number of rotatable bonds is 11. The molecule has 1 aliphatic heterocycles. The molecule has 0 bridgehead atoms. The van der Waals surface area contributed by atoms with E-state index in [-0.39, 0.29) is 5.76 Å². The smallest absolute Gasteiger partial charge is 0.307 e. The molecule has 3 aromatic carbocycles. The summed E-state index contributed by atoms with van der Waals surface area (Å²) in [6, 6.07) is 29.5. The van der Waals surface area contributed by atoms with Crippen LogP contribution in [0.3, 0.4) is 0 Å². The number of carbonyl (C=O) groups excluding carboxylic acids is 1. The third kappa shape index (κ3) is 7.74. The topological polar surface area (TPSA) is 72.5 Å². The van der Waals surface area contributed by atoms with Crippen LogP contribution in [-0.2, 0) is 53.0 Å². The van der Waals surface area contributed by atoms with E-state index in [0.717, 1.165) is 16.7 Å². The summed E-state index contributed by atoms with van der Waals surface area (Å²) >= 11 is 0. The number of hydrogen-bond donors (Lipinski definition) is 0. The van der Waals surface area contributed by atoms with Crippen LogP contribution in [0.5, 0.6) is 0 Å². The summed E-state index contributed by atoms with van der Waals surface area (Å²) in [6.07, 6.45) is -1.55. The van der Waals surface area contributed by atoms with Crippen molar-refractivity contribution in [1.29, 1.82) is 0 Å². The van der Waals surface area contributed by atoms with Crippen LogP contribution in [-0.4, -0.2) is 37.7 Å². The molecule has 7 nitrogen and oxygen atoms in total. The Morgan fingerprint density at radius 3 is 1.65 bits per heavy atom. The van der Waals surface area contributed by atoms with Gasteiger partial charge in [-0.2, -0.15) is 0 Å². The average molecular weight is 505 g/mol. The highest BCUT2D eigenvalue weighted by Crippen LogP contribution is 2.33. The van der Waals surface area contributed by atoms with Crippen molar-refractivity contribution in [3.05, 3.63) is 120 Å². The number of ether oxygens (including phenoxy) is 6. The van der Waals surface area contributed by atoms with E-state index in [4.69, 9.17) is 28.4 Å². The molecule has 1 heterocycles. The molecule has 0 amide bonds. The van der Waals surface area contributed by atoms with Crippen molar-refractivity contribution in [3.8, 4) is 0 Å². The van der Waals surface area contributed by atoms with Gasteiger partial charge >= 0.3 is 5.97 Å². The highest BCUT2D eigenvalue weighted by Gasteiger charge is 2.47. The first-order valence-corrected chi connectivity index (χ1v) is 12.2. The van der Waals surface area contributed by atoms with Gasteiger partial charge in [0.25, 0.3) is 0 Å². The number of methoxy groups -OCH3 is 1. The van der Waals surface area contributed by atoms with Crippen LogP contribution in [0.2, 0.25) is 0 Å². The van der Waals surface area contributed by atoms with E-state index in [1.165, 1.54) is 20.3 Å². The Kier molecular flexibility index (Phi) is 9.85. The molecule has 37 heavy (non-hydrogen) atoms. The lowest BCUT2D eigenvalue weighted by atomic mass is 10.0. The van der Waals surface area contributed by atoms with Crippen LogP contribution in [0.4, 0.5) is 0 Å². The van der Waals surface area contributed by atoms with Crippen molar-refractivity contribution in [3.63, 3.8) is 0 Å². The minimum atomic E-state index is -0.817. The first-order valence-electron chi connectivity index (χ1n) is 12.2. The number of benzene rings is 3. The van der Waals surface area contributed by atoms with E-state index in [0.29, 0.717) is 19.8 Å². The first kappa shape index (κ1) is 26.6. The Bertz CT molecular complexity index is 1120.